The first-order valence-corrected chi connectivity index (χ1v) is 8.71. The van der Waals surface area contributed by atoms with Crippen molar-refractivity contribution in [2.45, 2.75) is 13.8 Å². The van der Waals surface area contributed by atoms with Crippen LogP contribution in [0.3, 0.4) is 0 Å². The molecule has 3 rings (SSSR count). The number of nitrogens with zero attached hydrogens (tertiary/aromatic N) is 4. The normalized spacial score (nSPS) is 15.2. The summed E-state index contributed by atoms with van der Waals surface area (Å²) in [5, 5.41) is 3.41. The Bertz CT molecular complexity index is 759. The van der Waals surface area contributed by atoms with Gasteiger partial charge in [-0.2, -0.15) is 0 Å². The van der Waals surface area contributed by atoms with Gasteiger partial charge in [0.15, 0.2) is 0 Å². The monoisotopic (exact) mass is 359 g/mol. The van der Waals surface area contributed by atoms with E-state index in [2.05, 4.69) is 25.1 Å². The van der Waals surface area contributed by atoms with E-state index in [1.807, 2.05) is 32.0 Å². The van der Waals surface area contributed by atoms with Crippen molar-refractivity contribution in [3.8, 4) is 0 Å². The fraction of sp³-hybridized carbons (Fsp3) is 0.389. The summed E-state index contributed by atoms with van der Waals surface area (Å²) in [6.07, 6.45) is 3.24. The molecule has 0 atom stereocenters. The standard InChI is InChI=1S/C18H22ClN5O/c1-13-4-3-5-15(14(13)2)21-18(25)12-23-6-8-24(9-7-23)17-11-20-10-16(19)22-17/h3-5,10-11H,6-9,12H2,1-2H3,(H,21,25). The maximum Gasteiger partial charge on any atom is 0.238 e. The zero-order valence-corrected chi connectivity index (χ0v) is 15.3. The molecule has 132 valence electrons. The van der Waals surface area contributed by atoms with Gasteiger partial charge in [0.2, 0.25) is 5.91 Å². The van der Waals surface area contributed by atoms with Gasteiger partial charge in [-0.25, -0.2) is 4.98 Å². The highest BCUT2D eigenvalue weighted by atomic mass is 35.5. The lowest BCUT2D eigenvalue weighted by Crippen LogP contribution is -2.49. The molecule has 1 saturated heterocycles. The van der Waals surface area contributed by atoms with E-state index in [1.54, 1.807) is 6.20 Å². The van der Waals surface area contributed by atoms with Gasteiger partial charge in [-0.3, -0.25) is 14.7 Å². The molecular formula is C18H22ClN5O. The molecule has 1 aromatic carbocycles. The van der Waals surface area contributed by atoms with Crippen LogP contribution < -0.4 is 10.2 Å². The highest BCUT2D eigenvalue weighted by molar-refractivity contribution is 6.29. The summed E-state index contributed by atoms with van der Waals surface area (Å²) in [6.45, 7) is 7.65. The molecule has 7 heteroatoms. The minimum atomic E-state index is 0.0182. The van der Waals surface area contributed by atoms with E-state index in [0.717, 1.165) is 43.2 Å². The van der Waals surface area contributed by atoms with Crippen molar-refractivity contribution in [2.75, 3.05) is 42.9 Å². The second-order valence-electron chi connectivity index (χ2n) is 6.26. The van der Waals surface area contributed by atoms with Crippen LogP contribution in [0.1, 0.15) is 11.1 Å². The number of amides is 1. The zero-order valence-electron chi connectivity index (χ0n) is 14.5. The van der Waals surface area contributed by atoms with Gasteiger partial charge in [0.25, 0.3) is 0 Å². The van der Waals surface area contributed by atoms with Crippen LogP contribution in [0, 0.1) is 13.8 Å². The molecular weight excluding hydrogens is 338 g/mol. The van der Waals surface area contributed by atoms with E-state index in [9.17, 15) is 4.79 Å². The van der Waals surface area contributed by atoms with E-state index in [-0.39, 0.29) is 5.91 Å². The van der Waals surface area contributed by atoms with Crippen molar-refractivity contribution in [3.05, 3.63) is 46.9 Å². The van der Waals surface area contributed by atoms with Gasteiger partial charge in [-0.15, -0.1) is 0 Å². The Morgan fingerprint density at radius 1 is 1.20 bits per heavy atom. The molecule has 0 bridgehead atoms. The molecule has 0 spiro atoms. The van der Waals surface area contributed by atoms with Crippen molar-refractivity contribution in [1.82, 2.24) is 14.9 Å². The van der Waals surface area contributed by atoms with Gasteiger partial charge in [0.05, 0.1) is 18.9 Å². The molecule has 0 unspecified atom stereocenters. The van der Waals surface area contributed by atoms with Gasteiger partial charge >= 0.3 is 0 Å². The predicted molar refractivity (Wildman–Crippen MR) is 100 cm³/mol. The fourth-order valence-electron chi connectivity index (χ4n) is 2.90. The molecule has 1 fully saturated rings. The molecule has 25 heavy (non-hydrogen) atoms. The maximum atomic E-state index is 12.3. The van der Waals surface area contributed by atoms with Crippen molar-refractivity contribution >= 4 is 29.0 Å². The minimum absolute atomic E-state index is 0.0182. The Balaban J connectivity index is 1.52. The molecule has 0 saturated carbocycles. The second-order valence-corrected chi connectivity index (χ2v) is 6.65. The molecule has 0 radical (unpaired) electrons. The first kappa shape index (κ1) is 17.6. The zero-order chi connectivity index (χ0) is 17.8. The van der Waals surface area contributed by atoms with E-state index in [0.29, 0.717) is 11.7 Å². The summed E-state index contributed by atoms with van der Waals surface area (Å²) in [5.41, 5.74) is 3.17. The highest BCUT2D eigenvalue weighted by Gasteiger charge is 2.20. The average molecular weight is 360 g/mol. The number of halogens is 1. The largest absolute Gasteiger partial charge is 0.353 e. The number of benzene rings is 1. The number of aryl methyl sites for hydroxylation is 1. The number of piperazine rings is 1. The Kier molecular flexibility index (Phi) is 5.50. The predicted octanol–water partition coefficient (Wildman–Crippen LogP) is 2.51. The Labute approximate surface area is 152 Å². The Morgan fingerprint density at radius 2 is 1.96 bits per heavy atom. The molecule has 6 nitrogen and oxygen atoms in total. The van der Waals surface area contributed by atoms with Crippen molar-refractivity contribution < 1.29 is 4.79 Å². The van der Waals surface area contributed by atoms with Gasteiger partial charge in [0, 0.05) is 31.9 Å². The quantitative estimate of drug-likeness (QED) is 0.908. The van der Waals surface area contributed by atoms with E-state index < -0.39 is 0 Å². The third kappa shape index (κ3) is 4.46. The lowest BCUT2D eigenvalue weighted by molar-refractivity contribution is -0.117. The number of carbonyl (C=O) groups is 1. The number of rotatable bonds is 4. The highest BCUT2D eigenvalue weighted by Crippen LogP contribution is 2.18. The third-order valence-electron chi connectivity index (χ3n) is 4.53. The smallest absolute Gasteiger partial charge is 0.238 e. The van der Waals surface area contributed by atoms with Gasteiger partial charge in [-0.05, 0) is 31.0 Å². The number of hydrogen-bond acceptors (Lipinski definition) is 5. The van der Waals surface area contributed by atoms with E-state index in [1.165, 1.54) is 11.8 Å². The average Bonchev–Trinajstić information content (AvgIpc) is 2.60. The van der Waals surface area contributed by atoms with Gasteiger partial charge in [-0.1, -0.05) is 23.7 Å². The van der Waals surface area contributed by atoms with Crippen LogP contribution in [0.25, 0.3) is 0 Å². The maximum absolute atomic E-state index is 12.3. The molecule has 1 aromatic heterocycles. The summed E-state index contributed by atoms with van der Waals surface area (Å²) >= 11 is 5.90. The Morgan fingerprint density at radius 3 is 2.68 bits per heavy atom. The molecule has 1 amide bonds. The number of hydrogen-bond donors (Lipinski definition) is 1. The Hall–Kier alpha value is -2.18. The molecule has 1 aliphatic heterocycles. The minimum Gasteiger partial charge on any atom is -0.353 e. The summed E-state index contributed by atoms with van der Waals surface area (Å²) in [7, 11) is 0. The summed E-state index contributed by atoms with van der Waals surface area (Å²) in [5.74, 6) is 0.802. The van der Waals surface area contributed by atoms with Gasteiger partial charge < -0.3 is 10.2 Å². The van der Waals surface area contributed by atoms with E-state index >= 15 is 0 Å². The number of anilines is 2. The molecule has 2 heterocycles. The van der Waals surface area contributed by atoms with Crippen LogP contribution in [-0.4, -0.2) is 53.5 Å². The first-order chi connectivity index (χ1) is 12.0. The van der Waals surface area contributed by atoms with Crippen LogP contribution in [0.5, 0.6) is 0 Å². The topological polar surface area (TPSA) is 61.4 Å². The van der Waals surface area contributed by atoms with Crippen molar-refractivity contribution in [2.24, 2.45) is 0 Å². The number of nitrogens with one attached hydrogen (secondary N) is 1. The van der Waals surface area contributed by atoms with Crippen LogP contribution in [0.2, 0.25) is 5.15 Å². The molecule has 0 aliphatic carbocycles. The SMILES string of the molecule is Cc1cccc(NC(=O)CN2CCN(c3cncc(Cl)n3)CC2)c1C. The fourth-order valence-corrected chi connectivity index (χ4v) is 3.04. The summed E-state index contributed by atoms with van der Waals surface area (Å²) < 4.78 is 0. The third-order valence-corrected chi connectivity index (χ3v) is 4.72. The number of carbonyl (C=O) groups excluding carboxylic acids is 1. The van der Waals surface area contributed by atoms with Gasteiger partial charge in [0.1, 0.15) is 11.0 Å². The van der Waals surface area contributed by atoms with E-state index in [4.69, 9.17) is 11.6 Å². The van der Waals surface area contributed by atoms with Crippen LogP contribution >= 0.6 is 11.6 Å². The van der Waals surface area contributed by atoms with Crippen molar-refractivity contribution in [3.63, 3.8) is 0 Å². The summed E-state index contributed by atoms with van der Waals surface area (Å²) in [6, 6.07) is 5.95. The molecule has 1 aliphatic rings. The lowest BCUT2D eigenvalue weighted by Gasteiger charge is -2.34. The molecule has 2 aromatic rings. The van der Waals surface area contributed by atoms with Crippen LogP contribution in [-0.2, 0) is 4.79 Å². The lowest BCUT2D eigenvalue weighted by atomic mass is 10.1. The van der Waals surface area contributed by atoms with Crippen LogP contribution in [0.4, 0.5) is 11.5 Å². The van der Waals surface area contributed by atoms with Crippen LogP contribution in [0.15, 0.2) is 30.6 Å². The molecule has 1 N–H and O–H groups in total. The summed E-state index contributed by atoms with van der Waals surface area (Å²) in [4.78, 5) is 25.0. The second kappa shape index (κ2) is 7.80. The van der Waals surface area contributed by atoms with Crippen molar-refractivity contribution in [1.29, 1.82) is 0 Å². The first-order valence-electron chi connectivity index (χ1n) is 8.34. The number of aromatic nitrogens is 2.